The van der Waals surface area contributed by atoms with Crippen molar-refractivity contribution in [3.05, 3.63) is 101 Å². The molecule has 0 bridgehead atoms. The number of carbonyl (C=O) groups is 2. The third-order valence-electron chi connectivity index (χ3n) is 6.05. The second-order valence-corrected chi connectivity index (χ2v) is 8.84. The number of esters is 1. The summed E-state index contributed by atoms with van der Waals surface area (Å²) in [5.74, 6) is -3.81. The third-order valence-corrected chi connectivity index (χ3v) is 6.05. The fourth-order valence-electron chi connectivity index (χ4n) is 3.92. The van der Waals surface area contributed by atoms with Crippen LogP contribution in [0.3, 0.4) is 0 Å². The first-order chi connectivity index (χ1) is 17.9. The first-order valence-corrected chi connectivity index (χ1v) is 11.6. The van der Waals surface area contributed by atoms with Gasteiger partial charge in [-0.25, -0.2) is 4.79 Å². The summed E-state index contributed by atoms with van der Waals surface area (Å²) in [6.45, 7) is 0.405. The van der Waals surface area contributed by atoms with Crippen LogP contribution in [0.5, 0.6) is 5.75 Å². The van der Waals surface area contributed by atoms with Crippen molar-refractivity contribution in [2.45, 2.75) is 43.8 Å². The molecule has 0 radical (unpaired) electrons. The standard InChI is InChI=1S/C27H22F6N2O3/c28-26(29,30)19-9-6-17(7-10-19)14-34-22-13-21(22)18-8-11-20(23(12-18)38-25(37)27(31,32)33)24(36)35-15-16-4-2-1-3-5-16/h1-12,21-22,34H,13-15H2,(H,35,36). The molecule has 0 aromatic heterocycles. The molecule has 200 valence electrons. The van der Waals surface area contributed by atoms with E-state index >= 15 is 0 Å². The summed E-state index contributed by atoms with van der Waals surface area (Å²) in [7, 11) is 0. The van der Waals surface area contributed by atoms with Crippen LogP contribution in [-0.2, 0) is 24.1 Å². The summed E-state index contributed by atoms with van der Waals surface area (Å²) >= 11 is 0. The van der Waals surface area contributed by atoms with E-state index < -0.39 is 35.5 Å². The van der Waals surface area contributed by atoms with Crippen molar-refractivity contribution >= 4 is 11.9 Å². The fourth-order valence-corrected chi connectivity index (χ4v) is 3.92. The second kappa shape index (κ2) is 10.9. The van der Waals surface area contributed by atoms with Gasteiger partial charge in [0.25, 0.3) is 5.91 Å². The lowest BCUT2D eigenvalue weighted by Crippen LogP contribution is -2.30. The van der Waals surface area contributed by atoms with Crippen LogP contribution in [0.1, 0.15) is 45.0 Å². The SMILES string of the molecule is O=C(NCc1ccccc1)c1ccc(C2CC2NCc2ccc(C(F)(F)F)cc2)cc1OC(=O)C(F)(F)F. The molecule has 5 nitrogen and oxygen atoms in total. The maximum Gasteiger partial charge on any atom is 0.491 e. The average molecular weight is 536 g/mol. The first-order valence-electron chi connectivity index (χ1n) is 11.6. The summed E-state index contributed by atoms with van der Waals surface area (Å²) in [5, 5.41) is 5.79. The van der Waals surface area contributed by atoms with Gasteiger partial charge in [0.05, 0.1) is 11.1 Å². The van der Waals surface area contributed by atoms with E-state index in [0.29, 0.717) is 17.5 Å². The van der Waals surface area contributed by atoms with Crippen molar-refractivity contribution in [1.29, 1.82) is 0 Å². The van der Waals surface area contributed by atoms with Crippen LogP contribution in [0.2, 0.25) is 0 Å². The second-order valence-electron chi connectivity index (χ2n) is 8.84. The Kier molecular flexibility index (Phi) is 7.77. The highest BCUT2D eigenvalue weighted by atomic mass is 19.4. The Bertz CT molecular complexity index is 1290. The van der Waals surface area contributed by atoms with Gasteiger partial charge in [-0.2, -0.15) is 26.3 Å². The van der Waals surface area contributed by atoms with Crippen LogP contribution >= 0.6 is 0 Å². The molecule has 0 saturated heterocycles. The van der Waals surface area contributed by atoms with Gasteiger partial charge in [0, 0.05) is 25.0 Å². The van der Waals surface area contributed by atoms with Gasteiger partial charge in [-0.3, -0.25) is 4.79 Å². The molecule has 0 spiro atoms. The monoisotopic (exact) mass is 536 g/mol. The van der Waals surface area contributed by atoms with Crippen LogP contribution in [0.4, 0.5) is 26.3 Å². The number of hydrogen-bond acceptors (Lipinski definition) is 4. The Morgan fingerprint density at radius 2 is 1.50 bits per heavy atom. The number of rotatable bonds is 8. The Balaban J connectivity index is 1.44. The summed E-state index contributed by atoms with van der Waals surface area (Å²) in [5.41, 5.74) is 0.983. The summed E-state index contributed by atoms with van der Waals surface area (Å²) in [6, 6.07) is 17.6. The van der Waals surface area contributed by atoms with E-state index in [1.54, 1.807) is 36.4 Å². The van der Waals surface area contributed by atoms with Crippen LogP contribution in [-0.4, -0.2) is 24.1 Å². The van der Waals surface area contributed by atoms with Crippen molar-refractivity contribution in [1.82, 2.24) is 10.6 Å². The van der Waals surface area contributed by atoms with Gasteiger partial charge in [0.1, 0.15) is 5.75 Å². The minimum absolute atomic E-state index is 0.0961. The predicted octanol–water partition coefficient (Wildman–Crippen LogP) is 5.75. The molecule has 1 aliphatic rings. The molecular formula is C27H22F6N2O3. The van der Waals surface area contributed by atoms with Crippen molar-refractivity contribution < 1.29 is 40.7 Å². The molecule has 4 rings (SSSR count). The Labute approximate surface area is 213 Å². The molecule has 0 aliphatic heterocycles. The summed E-state index contributed by atoms with van der Waals surface area (Å²) < 4.78 is 81.4. The number of amides is 1. The molecule has 1 fully saturated rings. The maximum absolute atomic E-state index is 12.9. The number of benzene rings is 3. The third kappa shape index (κ3) is 6.91. The minimum atomic E-state index is -5.25. The van der Waals surface area contributed by atoms with Gasteiger partial charge in [0.15, 0.2) is 0 Å². The van der Waals surface area contributed by atoms with Gasteiger partial charge in [0.2, 0.25) is 0 Å². The number of ether oxygens (including phenoxy) is 1. The van der Waals surface area contributed by atoms with Crippen molar-refractivity contribution in [2.75, 3.05) is 0 Å². The van der Waals surface area contributed by atoms with Gasteiger partial charge in [-0.05, 0) is 47.4 Å². The molecular weight excluding hydrogens is 514 g/mol. The quantitative estimate of drug-likeness (QED) is 0.219. The number of hydrogen-bond donors (Lipinski definition) is 2. The lowest BCUT2D eigenvalue weighted by Gasteiger charge is -2.14. The van der Waals surface area contributed by atoms with Gasteiger partial charge in [-0.15, -0.1) is 0 Å². The van der Waals surface area contributed by atoms with Crippen molar-refractivity contribution in [2.24, 2.45) is 0 Å². The molecule has 0 heterocycles. The highest BCUT2D eigenvalue weighted by molar-refractivity contribution is 5.98. The Hall–Kier alpha value is -3.86. The summed E-state index contributed by atoms with van der Waals surface area (Å²) in [6.07, 6.45) is -9.07. The molecule has 1 saturated carbocycles. The van der Waals surface area contributed by atoms with E-state index in [2.05, 4.69) is 15.4 Å². The first kappa shape index (κ1) is 27.2. The van der Waals surface area contributed by atoms with Crippen LogP contribution in [0, 0.1) is 0 Å². The van der Waals surface area contributed by atoms with E-state index in [0.717, 1.165) is 17.7 Å². The van der Waals surface area contributed by atoms with Gasteiger partial charge >= 0.3 is 18.3 Å². The van der Waals surface area contributed by atoms with Crippen molar-refractivity contribution in [3.8, 4) is 5.75 Å². The topological polar surface area (TPSA) is 67.4 Å². The zero-order chi connectivity index (χ0) is 27.5. The smallest absolute Gasteiger partial charge is 0.419 e. The lowest BCUT2D eigenvalue weighted by molar-refractivity contribution is -0.189. The molecule has 11 heteroatoms. The molecule has 3 aromatic carbocycles. The number of carbonyl (C=O) groups excluding carboxylic acids is 2. The Morgan fingerprint density at radius 3 is 2.13 bits per heavy atom. The maximum atomic E-state index is 12.9. The lowest BCUT2D eigenvalue weighted by atomic mass is 10.1. The molecule has 1 amide bonds. The number of alkyl halides is 6. The van der Waals surface area contributed by atoms with Crippen LogP contribution in [0.25, 0.3) is 0 Å². The van der Waals surface area contributed by atoms with E-state index in [1.807, 2.05) is 0 Å². The van der Waals surface area contributed by atoms with Crippen LogP contribution in [0.15, 0.2) is 72.8 Å². The average Bonchev–Trinajstić information content (AvgIpc) is 3.65. The fraction of sp³-hybridized carbons (Fsp3) is 0.259. The molecule has 3 aromatic rings. The molecule has 2 N–H and O–H groups in total. The zero-order valence-corrected chi connectivity index (χ0v) is 19.7. The van der Waals surface area contributed by atoms with E-state index in [9.17, 15) is 35.9 Å². The minimum Gasteiger partial charge on any atom is -0.419 e. The molecule has 38 heavy (non-hydrogen) atoms. The predicted molar refractivity (Wildman–Crippen MR) is 125 cm³/mol. The number of halogens is 6. The number of nitrogens with one attached hydrogen (secondary N) is 2. The molecule has 2 unspecified atom stereocenters. The van der Waals surface area contributed by atoms with E-state index in [4.69, 9.17) is 0 Å². The van der Waals surface area contributed by atoms with Crippen molar-refractivity contribution in [3.63, 3.8) is 0 Å². The highest BCUT2D eigenvalue weighted by Crippen LogP contribution is 2.43. The van der Waals surface area contributed by atoms with Gasteiger partial charge < -0.3 is 15.4 Å². The van der Waals surface area contributed by atoms with Gasteiger partial charge in [-0.1, -0.05) is 48.5 Å². The summed E-state index contributed by atoms with van der Waals surface area (Å²) in [4.78, 5) is 24.2. The molecule has 2 atom stereocenters. The van der Waals surface area contributed by atoms with Crippen LogP contribution < -0.4 is 15.4 Å². The van der Waals surface area contributed by atoms with E-state index in [1.165, 1.54) is 24.3 Å². The normalized spacial score (nSPS) is 17.1. The largest absolute Gasteiger partial charge is 0.491 e. The van der Waals surface area contributed by atoms with E-state index in [-0.39, 0.29) is 30.6 Å². The molecule has 1 aliphatic carbocycles. The highest BCUT2D eigenvalue weighted by Gasteiger charge is 2.43. The zero-order valence-electron chi connectivity index (χ0n) is 19.7. The Morgan fingerprint density at radius 1 is 0.842 bits per heavy atom.